The summed E-state index contributed by atoms with van der Waals surface area (Å²) in [5, 5.41) is 3.00. The van der Waals surface area contributed by atoms with Gasteiger partial charge in [-0.1, -0.05) is 6.58 Å². The van der Waals surface area contributed by atoms with Crippen LogP contribution in [0.2, 0.25) is 0 Å². The number of hydrogen-bond donors (Lipinski definition) is 3. The fourth-order valence-corrected chi connectivity index (χ4v) is 2.34. The van der Waals surface area contributed by atoms with Crippen LogP contribution in [0.15, 0.2) is 23.0 Å². The van der Waals surface area contributed by atoms with Crippen LogP contribution < -0.4 is 16.1 Å². The monoisotopic (exact) mass is 253 g/mol. The Kier molecular flexibility index (Phi) is 2.45. The molecule has 0 spiro atoms. The second-order valence-corrected chi connectivity index (χ2v) is 4.83. The van der Waals surface area contributed by atoms with E-state index in [4.69, 9.17) is 0 Å². The molecular weight excluding hydrogens is 238 g/mol. The van der Waals surface area contributed by atoms with E-state index in [1.165, 1.54) is 0 Å². The molecule has 0 amide bonds. The van der Waals surface area contributed by atoms with Crippen molar-refractivity contribution in [3.8, 4) is 0 Å². The Labute approximate surface area is 109 Å². The molecular formula is C15H15N3O. The zero-order valence-electron chi connectivity index (χ0n) is 10.9. The fraction of sp³-hybridized carbons (Fsp3) is 0.133. The van der Waals surface area contributed by atoms with E-state index in [-0.39, 0.29) is 5.56 Å². The van der Waals surface area contributed by atoms with Crippen LogP contribution >= 0.6 is 0 Å². The molecule has 3 N–H and O–H groups in total. The number of hydrogen-bond acceptors (Lipinski definition) is 1. The largest absolute Gasteiger partial charge is 0.359 e. The standard InChI is InChI=1S/C15H15N3O/c1-8-6-10(3)16-13(8)7-11-14-12(18-15(11)19)5-4-9(2)17-14/h4-7,16-17H,2H2,1,3H3,(H,18,19). The van der Waals surface area contributed by atoms with Gasteiger partial charge in [-0.3, -0.25) is 4.79 Å². The molecule has 3 heterocycles. The van der Waals surface area contributed by atoms with Crippen LogP contribution in [0.5, 0.6) is 0 Å². The van der Waals surface area contributed by atoms with Crippen molar-refractivity contribution in [2.75, 3.05) is 0 Å². The van der Waals surface area contributed by atoms with E-state index < -0.39 is 0 Å². The van der Waals surface area contributed by atoms with Crippen molar-refractivity contribution in [3.63, 3.8) is 0 Å². The van der Waals surface area contributed by atoms with Crippen molar-refractivity contribution in [2.24, 2.45) is 0 Å². The van der Waals surface area contributed by atoms with Crippen LogP contribution in [-0.4, -0.2) is 15.0 Å². The number of nitrogens with one attached hydrogen (secondary N) is 3. The van der Waals surface area contributed by atoms with Gasteiger partial charge in [-0.2, -0.15) is 0 Å². The summed E-state index contributed by atoms with van der Waals surface area (Å²) in [7, 11) is 0. The summed E-state index contributed by atoms with van der Waals surface area (Å²) in [6.07, 6.45) is 1.87. The van der Waals surface area contributed by atoms with Gasteiger partial charge < -0.3 is 15.0 Å². The Morgan fingerprint density at radius 1 is 1.16 bits per heavy atom. The first-order chi connectivity index (χ1) is 9.04. The van der Waals surface area contributed by atoms with Crippen LogP contribution in [-0.2, 0) is 0 Å². The van der Waals surface area contributed by atoms with Crippen molar-refractivity contribution in [1.29, 1.82) is 0 Å². The minimum absolute atomic E-state index is 0.0940. The van der Waals surface area contributed by atoms with Crippen molar-refractivity contribution in [3.05, 3.63) is 66.8 Å². The lowest BCUT2D eigenvalue weighted by Gasteiger charge is -1.90. The Bertz CT molecular complexity index is 972. The topological polar surface area (TPSA) is 64.4 Å². The summed E-state index contributed by atoms with van der Waals surface area (Å²) >= 11 is 0. The Balaban J connectivity index is 2.43. The molecule has 4 heteroatoms. The van der Waals surface area contributed by atoms with Gasteiger partial charge in [0.05, 0.1) is 15.9 Å². The highest BCUT2D eigenvalue weighted by Crippen LogP contribution is 2.08. The highest BCUT2D eigenvalue weighted by molar-refractivity contribution is 5.50. The lowest BCUT2D eigenvalue weighted by molar-refractivity contribution is 1.15. The zero-order chi connectivity index (χ0) is 13.6. The first kappa shape index (κ1) is 11.6. The average Bonchev–Trinajstić information content (AvgIpc) is 2.81. The van der Waals surface area contributed by atoms with Crippen LogP contribution in [0.1, 0.15) is 17.0 Å². The number of aromatic amines is 3. The third-order valence-corrected chi connectivity index (χ3v) is 3.25. The molecule has 0 unspecified atom stereocenters. The molecule has 0 aromatic carbocycles. The summed E-state index contributed by atoms with van der Waals surface area (Å²) in [5.41, 5.74) is 3.07. The number of aryl methyl sites for hydroxylation is 2. The maximum Gasteiger partial charge on any atom is 0.257 e. The molecule has 0 radical (unpaired) electrons. The Morgan fingerprint density at radius 2 is 1.95 bits per heavy atom. The quantitative estimate of drug-likeness (QED) is 0.584. The first-order valence-corrected chi connectivity index (χ1v) is 6.12. The normalized spacial score (nSPS) is 12.4. The molecule has 0 aliphatic carbocycles. The van der Waals surface area contributed by atoms with Gasteiger partial charge in [0, 0.05) is 16.7 Å². The van der Waals surface area contributed by atoms with E-state index in [1.807, 2.05) is 32.1 Å². The summed E-state index contributed by atoms with van der Waals surface area (Å²) in [6, 6.07) is 5.76. The van der Waals surface area contributed by atoms with Crippen LogP contribution in [0, 0.1) is 24.5 Å². The summed E-state index contributed by atoms with van der Waals surface area (Å²) in [6.45, 7) is 7.87. The van der Waals surface area contributed by atoms with Crippen LogP contribution in [0.4, 0.5) is 0 Å². The molecule has 4 nitrogen and oxygen atoms in total. The van der Waals surface area contributed by atoms with Gasteiger partial charge in [-0.05, 0) is 43.7 Å². The molecule has 0 fully saturated rings. The van der Waals surface area contributed by atoms with Gasteiger partial charge in [0.15, 0.2) is 0 Å². The van der Waals surface area contributed by atoms with Gasteiger partial charge in [-0.15, -0.1) is 0 Å². The number of rotatable bonds is 1. The minimum Gasteiger partial charge on any atom is -0.359 e. The van der Waals surface area contributed by atoms with E-state index in [1.54, 1.807) is 0 Å². The van der Waals surface area contributed by atoms with Crippen molar-refractivity contribution >= 4 is 12.7 Å². The molecule has 2 aliphatic rings. The van der Waals surface area contributed by atoms with E-state index in [9.17, 15) is 4.79 Å². The SMILES string of the molecule is C=c1ccc2[nH]c(=O)c(=Cc3[nH]c(C)cc3C)c=2[nH]1. The first-order valence-electron chi connectivity index (χ1n) is 6.12. The smallest absolute Gasteiger partial charge is 0.257 e. The second kappa shape index (κ2) is 4.02. The zero-order valence-corrected chi connectivity index (χ0v) is 10.9. The summed E-state index contributed by atoms with van der Waals surface area (Å²) in [4.78, 5) is 21.3. The summed E-state index contributed by atoms with van der Waals surface area (Å²) in [5.74, 6) is 0. The lowest BCUT2D eigenvalue weighted by Crippen LogP contribution is -2.24. The van der Waals surface area contributed by atoms with E-state index in [0.29, 0.717) is 5.22 Å². The van der Waals surface area contributed by atoms with Gasteiger partial charge in [-0.25, -0.2) is 0 Å². The molecule has 3 rings (SSSR count). The van der Waals surface area contributed by atoms with E-state index in [2.05, 4.69) is 27.6 Å². The van der Waals surface area contributed by atoms with Crippen LogP contribution in [0.25, 0.3) is 12.7 Å². The van der Waals surface area contributed by atoms with Gasteiger partial charge in [0.2, 0.25) is 0 Å². The molecule has 1 aromatic rings. The molecule has 0 saturated carbocycles. The molecule has 19 heavy (non-hydrogen) atoms. The van der Waals surface area contributed by atoms with Gasteiger partial charge in [0.1, 0.15) is 0 Å². The van der Waals surface area contributed by atoms with Crippen LogP contribution in [0.3, 0.4) is 0 Å². The maximum absolute atomic E-state index is 12.0. The number of H-pyrrole nitrogens is 3. The van der Waals surface area contributed by atoms with Crippen molar-refractivity contribution in [2.45, 2.75) is 13.8 Å². The summed E-state index contributed by atoms with van der Waals surface area (Å²) < 4.78 is 0. The van der Waals surface area contributed by atoms with E-state index in [0.717, 1.165) is 33.0 Å². The second-order valence-electron chi connectivity index (χ2n) is 4.83. The maximum atomic E-state index is 12.0. The molecule has 96 valence electrons. The average molecular weight is 253 g/mol. The van der Waals surface area contributed by atoms with Crippen molar-refractivity contribution in [1.82, 2.24) is 15.0 Å². The molecule has 2 aliphatic heterocycles. The minimum atomic E-state index is -0.0940. The molecule has 0 bridgehead atoms. The molecule has 0 saturated heterocycles. The van der Waals surface area contributed by atoms with Gasteiger partial charge >= 0.3 is 0 Å². The highest BCUT2D eigenvalue weighted by Gasteiger charge is 2.02. The van der Waals surface area contributed by atoms with Crippen molar-refractivity contribution < 1.29 is 0 Å². The fourth-order valence-electron chi connectivity index (χ4n) is 2.34. The lowest BCUT2D eigenvalue weighted by atomic mass is 10.2. The highest BCUT2D eigenvalue weighted by atomic mass is 16.1. The van der Waals surface area contributed by atoms with Gasteiger partial charge in [0.25, 0.3) is 5.56 Å². The third kappa shape index (κ3) is 1.91. The molecule has 0 atom stereocenters. The predicted molar refractivity (Wildman–Crippen MR) is 75.3 cm³/mol. The Morgan fingerprint density at radius 3 is 2.63 bits per heavy atom. The number of aromatic nitrogens is 3. The molecule has 1 aromatic heterocycles. The Hall–Kier alpha value is -2.49. The third-order valence-electron chi connectivity index (χ3n) is 3.25. The predicted octanol–water partition coefficient (Wildman–Crippen LogP) is 0.612. The van der Waals surface area contributed by atoms with E-state index >= 15 is 0 Å².